The van der Waals surface area contributed by atoms with E-state index in [1.54, 1.807) is 62.0 Å². The number of benzene rings is 1. The number of nitriles is 1. The van der Waals surface area contributed by atoms with Crippen molar-refractivity contribution in [3.05, 3.63) is 65.5 Å². The van der Waals surface area contributed by atoms with Gasteiger partial charge in [0.05, 0.1) is 7.11 Å². The van der Waals surface area contributed by atoms with E-state index in [1.165, 1.54) is 0 Å². The van der Waals surface area contributed by atoms with Gasteiger partial charge in [-0.05, 0) is 41.5 Å². The number of amides is 1. The first-order chi connectivity index (χ1) is 10.7. The lowest BCUT2D eigenvalue weighted by atomic mass is 10.1. The molecule has 0 radical (unpaired) electrons. The summed E-state index contributed by atoms with van der Waals surface area (Å²) in [6.07, 6.45) is 4.85. The van der Waals surface area contributed by atoms with Gasteiger partial charge in [0.15, 0.2) is 0 Å². The molecule has 0 saturated carbocycles. The molecule has 1 heterocycles. The predicted octanol–water partition coefficient (Wildman–Crippen LogP) is 2.31. The van der Waals surface area contributed by atoms with Gasteiger partial charge in [0, 0.05) is 18.9 Å². The number of carbonyl (C=O) groups excluding carboxylic acids is 1. The molecule has 0 aliphatic heterocycles. The highest BCUT2D eigenvalue weighted by Crippen LogP contribution is 2.14. The molecule has 110 valence electrons. The molecule has 0 bridgehead atoms. The minimum atomic E-state index is -0.407. The molecule has 2 aromatic rings. The number of aromatic nitrogens is 1. The number of nitrogens with one attached hydrogen (secondary N) is 1. The highest BCUT2D eigenvalue weighted by Gasteiger charge is 2.08. The van der Waals surface area contributed by atoms with E-state index in [2.05, 4.69) is 10.3 Å². The van der Waals surface area contributed by atoms with E-state index in [0.29, 0.717) is 6.54 Å². The number of hydrogen-bond acceptors (Lipinski definition) is 4. The van der Waals surface area contributed by atoms with Gasteiger partial charge in [0.2, 0.25) is 0 Å². The molecule has 0 saturated heterocycles. The lowest BCUT2D eigenvalue weighted by Gasteiger charge is -2.04. The molecular formula is C17H15N3O2. The topological polar surface area (TPSA) is 75.0 Å². The summed E-state index contributed by atoms with van der Waals surface area (Å²) in [6, 6.07) is 12.6. The number of pyridine rings is 1. The number of nitrogens with zero attached hydrogens (tertiary/aromatic N) is 2. The highest BCUT2D eigenvalue weighted by atomic mass is 16.5. The molecular weight excluding hydrogens is 278 g/mol. The van der Waals surface area contributed by atoms with Gasteiger partial charge in [-0.2, -0.15) is 5.26 Å². The fraction of sp³-hybridized carbons (Fsp3) is 0.118. The van der Waals surface area contributed by atoms with Gasteiger partial charge >= 0.3 is 0 Å². The Bertz CT molecular complexity index is 701. The van der Waals surface area contributed by atoms with Gasteiger partial charge < -0.3 is 10.1 Å². The summed E-state index contributed by atoms with van der Waals surface area (Å²) in [4.78, 5) is 15.9. The van der Waals surface area contributed by atoms with E-state index in [-0.39, 0.29) is 5.57 Å². The van der Waals surface area contributed by atoms with E-state index in [0.717, 1.165) is 16.9 Å². The van der Waals surface area contributed by atoms with Crippen LogP contribution in [0.2, 0.25) is 0 Å². The average Bonchev–Trinajstić information content (AvgIpc) is 2.59. The minimum absolute atomic E-state index is 0.0548. The van der Waals surface area contributed by atoms with Crippen molar-refractivity contribution in [3.8, 4) is 11.8 Å². The maximum atomic E-state index is 12.0. The van der Waals surface area contributed by atoms with Crippen molar-refractivity contribution in [3.63, 3.8) is 0 Å². The molecule has 2 rings (SSSR count). The third kappa shape index (κ3) is 4.18. The highest BCUT2D eigenvalue weighted by molar-refractivity contribution is 6.01. The second-order valence-corrected chi connectivity index (χ2v) is 4.48. The van der Waals surface area contributed by atoms with E-state index in [9.17, 15) is 4.79 Å². The predicted molar refractivity (Wildman–Crippen MR) is 82.7 cm³/mol. The molecule has 1 amide bonds. The zero-order valence-corrected chi connectivity index (χ0v) is 12.1. The summed E-state index contributed by atoms with van der Waals surface area (Å²) >= 11 is 0. The second kappa shape index (κ2) is 7.60. The Morgan fingerprint density at radius 3 is 2.55 bits per heavy atom. The molecule has 0 spiro atoms. The minimum Gasteiger partial charge on any atom is -0.497 e. The summed E-state index contributed by atoms with van der Waals surface area (Å²) in [5, 5.41) is 11.9. The first-order valence-electron chi connectivity index (χ1n) is 6.66. The SMILES string of the molecule is COc1ccc(/C=C(\C#N)C(=O)NCc2ccncc2)cc1. The zero-order chi connectivity index (χ0) is 15.8. The van der Waals surface area contributed by atoms with Gasteiger partial charge in [-0.25, -0.2) is 0 Å². The molecule has 0 atom stereocenters. The molecule has 1 N–H and O–H groups in total. The van der Waals surface area contributed by atoms with Gasteiger partial charge in [-0.3, -0.25) is 9.78 Å². The van der Waals surface area contributed by atoms with Crippen LogP contribution in [0.25, 0.3) is 6.08 Å². The molecule has 5 nitrogen and oxygen atoms in total. The molecule has 0 fully saturated rings. The largest absolute Gasteiger partial charge is 0.497 e. The van der Waals surface area contributed by atoms with E-state index in [4.69, 9.17) is 10.00 Å². The lowest BCUT2D eigenvalue weighted by molar-refractivity contribution is -0.117. The van der Waals surface area contributed by atoms with Crippen LogP contribution in [0.3, 0.4) is 0 Å². The maximum absolute atomic E-state index is 12.0. The van der Waals surface area contributed by atoms with Gasteiger partial charge in [0.1, 0.15) is 17.4 Å². The van der Waals surface area contributed by atoms with Crippen LogP contribution in [-0.2, 0) is 11.3 Å². The second-order valence-electron chi connectivity index (χ2n) is 4.48. The van der Waals surface area contributed by atoms with E-state index < -0.39 is 5.91 Å². The fourth-order valence-electron chi connectivity index (χ4n) is 1.79. The molecule has 0 aliphatic carbocycles. The van der Waals surface area contributed by atoms with Crippen molar-refractivity contribution in [1.29, 1.82) is 5.26 Å². The van der Waals surface area contributed by atoms with E-state index in [1.807, 2.05) is 6.07 Å². The van der Waals surface area contributed by atoms with Crippen molar-refractivity contribution < 1.29 is 9.53 Å². The first-order valence-corrected chi connectivity index (χ1v) is 6.66. The smallest absolute Gasteiger partial charge is 0.262 e. The van der Waals surface area contributed by atoms with Gasteiger partial charge in [-0.1, -0.05) is 12.1 Å². The lowest BCUT2D eigenvalue weighted by Crippen LogP contribution is -2.23. The summed E-state index contributed by atoms with van der Waals surface area (Å²) in [6.45, 7) is 0.350. The Labute approximate surface area is 128 Å². The van der Waals surface area contributed by atoms with Crippen molar-refractivity contribution in [1.82, 2.24) is 10.3 Å². The summed E-state index contributed by atoms with van der Waals surface area (Å²) < 4.78 is 5.07. The van der Waals surface area contributed by atoms with Gasteiger partial charge in [-0.15, -0.1) is 0 Å². The van der Waals surface area contributed by atoms with Crippen LogP contribution in [0, 0.1) is 11.3 Å². The summed E-state index contributed by atoms with van der Waals surface area (Å²) in [5.41, 5.74) is 1.74. The molecule has 0 aliphatic rings. The third-order valence-electron chi connectivity index (χ3n) is 2.99. The number of carbonyl (C=O) groups is 1. The average molecular weight is 293 g/mol. The number of methoxy groups -OCH3 is 1. The Kier molecular flexibility index (Phi) is 5.27. The van der Waals surface area contributed by atoms with Crippen molar-refractivity contribution in [2.75, 3.05) is 7.11 Å². The van der Waals surface area contributed by atoms with Crippen molar-refractivity contribution >= 4 is 12.0 Å². The maximum Gasteiger partial charge on any atom is 0.262 e. The van der Waals surface area contributed by atoms with E-state index >= 15 is 0 Å². The molecule has 1 aromatic heterocycles. The van der Waals surface area contributed by atoms with Crippen LogP contribution in [0.4, 0.5) is 0 Å². The first kappa shape index (κ1) is 15.3. The van der Waals surface area contributed by atoms with Crippen LogP contribution in [0.15, 0.2) is 54.4 Å². The molecule has 0 unspecified atom stereocenters. The third-order valence-corrected chi connectivity index (χ3v) is 2.99. The van der Waals surface area contributed by atoms with Crippen LogP contribution >= 0.6 is 0 Å². The van der Waals surface area contributed by atoms with Gasteiger partial charge in [0.25, 0.3) is 5.91 Å². The Balaban J connectivity index is 2.04. The van der Waals surface area contributed by atoms with Crippen LogP contribution in [0.5, 0.6) is 5.75 Å². The Morgan fingerprint density at radius 1 is 1.27 bits per heavy atom. The number of hydrogen-bond donors (Lipinski definition) is 1. The normalized spacial score (nSPS) is 10.6. The van der Waals surface area contributed by atoms with Crippen LogP contribution in [0.1, 0.15) is 11.1 Å². The Hall–Kier alpha value is -3.13. The number of ether oxygens (including phenoxy) is 1. The zero-order valence-electron chi connectivity index (χ0n) is 12.1. The monoisotopic (exact) mass is 293 g/mol. The fourth-order valence-corrected chi connectivity index (χ4v) is 1.79. The van der Waals surface area contributed by atoms with Crippen LogP contribution < -0.4 is 10.1 Å². The molecule has 5 heteroatoms. The summed E-state index contributed by atoms with van der Waals surface area (Å²) in [7, 11) is 1.58. The number of rotatable bonds is 5. The van der Waals surface area contributed by atoms with Crippen molar-refractivity contribution in [2.45, 2.75) is 6.54 Å². The van der Waals surface area contributed by atoms with Crippen LogP contribution in [-0.4, -0.2) is 18.0 Å². The quantitative estimate of drug-likeness (QED) is 0.678. The standard InChI is InChI=1S/C17H15N3O2/c1-22-16-4-2-13(3-5-16)10-15(11-18)17(21)20-12-14-6-8-19-9-7-14/h2-10H,12H2,1H3,(H,20,21)/b15-10+. The Morgan fingerprint density at radius 2 is 1.95 bits per heavy atom. The summed E-state index contributed by atoms with van der Waals surface area (Å²) in [5.74, 6) is 0.313. The van der Waals surface area contributed by atoms with Crippen molar-refractivity contribution in [2.24, 2.45) is 0 Å². The molecule has 22 heavy (non-hydrogen) atoms. The molecule has 1 aromatic carbocycles.